The normalized spacial score (nSPS) is 13.3. The lowest BCUT2D eigenvalue weighted by molar-refractivity contribution is 0.113. The molecule has 0 bridgehead atoms. The summed E-state index contributed by atoms with van der Waals surface area (Å²) in [7, 11) is 0. The van der Waals surface area contributed by atoms with Crippen molar-refractivity contribution in [1.29, 1.82) is 0 Å². The molecular formula is C17H20F5N. The van der Waals surface area contributed by atoms with Crippen LogP contribution in [-0.4, -0.2) is 18.0 Å². The summed E-state index contributed by atoms with van der Waals surface area (Å²) in [6, 6.07) is -1.05. The molecule has 0 fully saturated rings. The van der Waals surface area contributed by atoms with E-state index in [1.54, 1.807) is 25.7 Å². The molecule has 1 unspecified atom stereocenters. The maximum absolute atomic E-state index is 14.2. The number of rotatable bonds is 6. The van der Waals surface area contributed by atoms with Gasteiger partial charge in [-0.15, -0.1) is 13.2 Å². The van der Waals surface area contributed by atoms with E-state index in [-0.39, 0.29) is 13.1 Å². The molecule has 0 aliphatic carbocycles. The molecule has 1 aromatic rings. The summed E-state index contributed by atoms with van der Waals surface area (Å²) >= 11 is 0. The Labute approximate surface area is 133 Å². The van der Waals surface area contributed by atoms with Crippen molar-refractivity contribution in [2.24, 2.45) is 5.41 Å². The smallest absolute Gasteiger partial charge is 0.200 e. The standard InChI is InChI=1S/C17H20F5N/c1-6-8-23(9-7-2)16(17(3,4)5)10-11(18)13(20)15(22)14(21)12(10)19/h6-7,16H,1-2,8-9H2,3-5H3. The third kappa shape index (κ3) is 3.80. The fraction of sp³-hybridized carbons (Fsp3) is 0.412. The first-order chi connectivity index (χ1) is 10.6. The van der Waals surface area contributed by atoms with Gasteiger partial charge in [-0.25, -0.2) is 22.0 Å². The maximum Gasteiger partial charge on any atom is 0.200 e. The first kappa shape index (κ1) is 19.4. The predicted molar refractivity (Wildman–Crippen MR) is 80.4 cm³/mol. The van der Waals surface area contributed by atoms with Crippen LogP contribution in [0.2, 0.25) is 0 Å². The summed E-state index contributed by atoms with van der Waals surface area (Å²) in [6.45, 7) is 12.5. The molecule has 0 saturated heterocycles. The van der Waals surface area contributed by atoms with Crippen molar-refractivity contribution in [3.8, 4) is 0 Å². The van der Waals surface area contributed by atoms with Crippen molar-refractivity contribution in [3.63, 3.8) is 0 Å². The highest BCUT2D eigenvalue weighted by Crippen LogP contribution is 2.41. The quantitative estimate of drug-likeness (QED) is 0.301. The van der Waals surface area contributed by atoms with Crippen LogP contribution >= 0.6 is 0 Å². The lowest BCUT2D eigenvalue weighted by Crippen LogP contribution is -2.39. The lowest BCUT2D eigenvalue weighted by atomic mass is 9.80. The Hall–Kier alpha value is -1.69. The van der Waals surface area contributed by atoms with Crippen molar-refractivity contribution in [1.82, 2.24) is 4.90 Å². The van der Waals surface area contributed by atoms with E-state index in [2.05, 4.69) is 13.2 Å². The minimum Gasteiger partial charge on any atom is -0.288 e. The zero-order chi connectivity index (χ0) is 17.9. The Morgan fingerprint density at radius 1 is 0.826 bits per heavy atom. The minimum absolute atomic E-state index is 0.202. The highest BCUT2D eigenvalue weighted by Gasteiger charge is 2.38. The number of hydrogen-bond donors (Lipinski definition) is 0. The summed E-state index contributed by atoms with van der Waals surface area (Å²) in [6.07, 6.45) is 2.99. The van der Waals surface area contributed by atoms with E-state index in [1.807, 2.05) is 0 Å². The molecule has 0 aromatic heterocycles. The summed E-state index contributed by atoms with van der Waals surface area (Å²) in [5.41, 5.74) is -1.64. The molecule has 0 aliphatic heterocycles. The second kappa shape index (κ2) is 7.25. The third-order valence-corrected chi connectivity index (χ3v) is 3.43. The SMILES string of the molecule is C=CCN(CC=C)C(c1c(F)c(F)c(F)c(F)c1F)C(C)(C)C. The molecule has 0 saturated carbocycles. The Morgan fingerprint density at radius 2 is 1.17 bits per heavy atom. The summed E-state index contributed by atoms with van der Waals surface area (Å²) in [5, 5.41) is 0. The minimum atomic E-state index is -2.16. The molecule has 0 spiro atoms. The van der Waals surface area contributed by atoms with Crippen LogP contribution in [0.25, 0.3) is 0 Å². The highest BCUT2D eigenvalue weighted by atomic mass is 19.2. The van der Waals surface area contributed by atoms with Crippen LogP contribution in [0.15, 0.2) is 25.3 Å². The van der Waals surface area contributed by atoms with Crippen molar-refractivity contribution in [2.75, 3.05) is 13.1 Å². The summed E-state index contributed by atoms with van der Waals surface area (Å²) in [4.78, 5) is 1.55. The Balaban J connectivity index is 3.69. The average Bonchev–Trinajstić information content (AvgIpc) is 2.46. The van der Waals surface area contributed by atoms with Crippen molar-refractivity contribution in [2.45, 2.75) is 26.8 Å². The number of nitrogens with zero attached hydrogens (tertiary/aromatic N) is 1. The van der Waals surface area contributed by atoms with Gasteiger partial charge in [-0.05, 0) is 5.41 Å². The van der Waals surface area contributed by atoms with Crippen molar-refractivity contribution < 1.29 is 22.0 Å². The predicted octanol–water partition coefficient (Wildman–Crippen LogP) is 5.14. The molecule has 0 N–H and O–H groups in total. The van der Waals surface area contributed by atoms with Gasteiger partial charge in [0, 0.05) is 24.7 Å². The van der Waals surface area contributed by atoms with E-state index in [9.17, 15) is 22.0 Å². The van der Waals surface area contributed by atoms with Gasteiger partial charge in [0.2, 0.25) is 5.82 Å². The fourth-order valence-corrected chi connectivity index (χ4v) is 2.64. The molecule has 0 amide bonds. The second-order valence-electron chi connectivity index (χ2n) is 6.28. The van der Waals surface area contributed by atoms with Crippen molar-refractivity contribution in [3.05, 3.63) is 60.0 Å². The van der Waals surface area contributed by atoms with Crippen LogP contribution in [0.3, 0.4) is 0 Å². The van der Waals surface area contributed by atoms with Gasteiger partial charge in [-0.2, -0.15) is 0 Å². The molecule has 23 heavy (non-hydrogen) atoms. The number of halogens is 5. The molecule has 1 nitrogen and oxygen atoms in total. The number of benzene rings is 1. The average molecular weight is 333 g/mol. The van der Waals surface area contributed by atoms with Gasteiger partial charge < -0.3 is 0 Å². The van der Waals surface area contributed by atoms with E-state index in [0.717, 1.165) is 0 Å². The van der Waals surface area contributed by atoms with Gasteiger partial charge in [-0.1, -0.05) is 32.9 Å². The largest absolute Gasteiger partial charge is 0.288 e. The molecule has 0 heterocycles. The third-order valence-electron chi connectivity index (χ3n) is 3.43. The van der Waals surface area contributed by atoms with Gasteiger partial charge in [0.15, 0.2) is 23.3 Å². The molecule has 0 aliphatic rings. The zero-order valence-electron chi connectivity index (χ0n) is 13.4. The van der Waals surface area contributed by atoms with Gasteiger partial charge >= 0.3 is 0 Å². The Morgan fingerprint density at radius 3 is 1.48 bits per heavy atom. The van der Waals surface area contributed by atoms with Gasteiger partial charge in [-0.3, -0.25) is 4.90 Å². The molecule has 1 rings (SSSR count). The van der Waals surface area contributed by atoms with E-state index in [1.165, 1.54) is 12.2 Å². The summed E-state index contributed by atoms with van der Waals surface area (Å²) < 4.78 is 68.9. The van der Waals surface area contributed by atoms with Crippen LogP contribution in [0.5, 0.6) is 0 Å². The van der Waals surface area contributed by atoms with E-state index < -0.39 is 46.1 Å². The fourth-order valence-electron chi connectivity index (χ4n) is 2.64. The molecular weight excluding hydrogens is 313 g/mol. The second-order valence-corrected chi connectivity index (χ2v) is 6.28. The van der Waals surface area contributed by atoms with Crippen LogP contribution in [0.1, 0.15) is 32.4 Å². The lowest BCUT2D eigenvalue weighted by Gasteiger charge is -2.40. The van der Waals surface area contributed by atoms with Gasteiger partial charge in [0.25, 0.3) is 0 Å². The highest BCUT2D eigenvalue weighted by molar-refractivity contribution is 5.29. The van der Waals surface area contributed by atoms with Gasteiger partial charge in [0.05, 0.1) is 0 Å². The van der Waals surface area contributed by atoms with Crippen LogP contribution in [0.4, 0.5) is 22.0 Å². The molecule has 128 valence electrons. The Kier molecular flexibility index (Phi) is 6.11. The molecule has 1 aromatic carbocycles. The first-order valence-electron chi connectivity index (χ1n) is 7.05. The molecule has 6 heteroatoms. The zero-order valence-corrected chi connectivity index (χ0v) is 13.4. The van der Waals surface area contributed by atoms with Crippen LogP contribution in [-0.2, 0) is 0 Å². The maximum atomic E-state index is 14.2. The van der Waals surface area contributed by atoms with Crippen LogP contribution < -0.4 is 0 Å². The van der Waals surface area contributed by atoms with E-state index in [0.29, 0.717) is 0 Å². The van der Waals surface area contributed by atoms with E-state index in [4.69, 9.17) is 0 Å². The van der Waals surface area contributed by atoms with E-state index >= 15 is 0 Å². The van der Waals surface area contributed by atoms with Crippen molar-refractivity contribution >= 4 is 0 Å². The first-order valence-corrected chi connectivity index (χ1v) is 7.05. The summed E-state index contributed by atoms with van der Waals surface area (Å²) in [5.74, 6) is -9.65. The van der Waals surface area contributed by atoms with Gasteiger partial charge in [0.1, 0.15) is 0 Å². The Bertz CT molecular complexity index is 565. The van der Waals surface area contributed by atoms with Crippen LogP contribution in [0, 0.1) is 34.5 Å². The topological polar surface area (TPSA) is 3.24 Å². The number of hydrogen-bond acceptors (Lipinski definition) is 1. The molecule has 0 radical (unpaired) electrons. The molecule has 1 atom stereocenters. The monoisotopic (exact) mass is 333 g/mol.